The van der Waals surface area contributed by atoms with Gasteiger partial charge in [-0.25, -0.2) is 4.99 Å². The lowest BCUT2D eigenvalue weighted by molar-refractivity contribution is 0.0954. The number of pyridine rings is 1. The van der Waals surface area contributed by atoms with E-state index in [0.717, 1.165) is 44.3 Å². The molecule has 0 bridgehead atoms. The highest BCUT2D eigenvalue weighted by Gasteiger charge is 2.21. The second-order valence-electron chi connectivity index (χ2n) is 7.73. The molecule has 0 fully saturated rings. The number of rotatable bonds is 5. The smallest absolute Gasteiger partial charge is 0.251 e. The van der Waals surface area contributed by atoms with Crippen molar-refractivity contribution in [1.82, 2.24) is 10.3 Å². The first-order chi connectivity index (χ1) is 16.6. The number of carbonyl (C=O) groups excluding carboxylic acids is 1. The number of aromatic nitrogens is 1. The number of halogens is 2. The second-order valence-corrected chi connectivity index (χ2v) is 9.65. The molecule has 1 N–H and O–H groups in total. The van der Waals surface area contributed by atoms with Crippen LogP contribution in [0.25, 0.3) is 0 Å². The molecule has 7 heteroatoms. The maximum absolute atomic E-state index is 12.9. The van der Waals surface area contributed by atoms with Crippen molar-refractivity contribution in [2.45, 2.75) is 16.2 Å². The van der Waals surface area contributed by atoms with Gasteiger partial charge in [-0.3, -0.25) is 9.78 Å². The number of nitrogens with one attached hydrogen (secondary N) is 1. The van der Waals surface area contributed by atoms with E-state index in [1.807, 2.05) is 54.6 Å². The Hall–Kier alpha value is -3.12. The normalized spacial score (nSPS) is 12.2. The zero-order valence-corrected chi connectivity index (χ0v) is 20.3. The first-order valence-electron chi connectivity index (χ1n) is 10.7. The molecule has 4 aromatic rings. The number of benzene rings is 3. The van der Waals surface area contributed by atoms with Crippen LogP contribution in [-0.2, 0) is 6.42 Å². The number of fused-ring (bicyclic) bond motifs is 2. The van der Waals surface area contributed by atoms with Gasteiger partial charge in [0.15, 0.2) is 0 Å². The predicted molar refractivity (Wildman–Crippen MR) is 139 cm³/mol. The van der Waals surface area contributed by atoms with Crippen LogP contribution >= 0.6 is 35.0 Å². The Morgan fingerprint density at radius 2 is 1.71 bits per heavy atom. The quantitative estimate of drug-likeness (QED) is 0.281. The zero-order valence-electron chi connectivity index (χ0n) is 18.0. The lowest BCUT2D eigenvalue weighted by Crippen LogP contribution is -2.25. The van der Waals surface area contributed by atoms with Crippen molar-refractivity contribution in [2.24, 2.45) is 4.99 Å². The van der Waals surface area contributed by atoms with Crippen LogP contribution in [0.15, 0.2) is 100.0 Å². The average molecular weight is 504 g/mol. The van der Waals surface area contributed by atoms with Gasteiger partial charge in [0.1, 0.15) is 0 Å². The van der Waals surface area contributed by atoms with Gasteiger partial charge in [0.05, 0.1) is 16.4 Å². The van der Waals surface area contributed by atoms with E-state index < -0.39 is 0 Å². The van der Waals surface area contributed by atoms with Crippen molar-refractivity contribution in [3.05, 3.63) is 117 Å². The van der Waals surface area contributed by atoms with Gasteiger partial charge in [-0.05, 0) is 66.6 Å². The zero-order chi connectivity index (χ0) is 23.5. The minimum absolute atomic E-state index is 0.134. The van der Waals surface area contributed by atoms with Gasteiger partial charge < -0.3 is 5.32 Å². The van der Waals surface area contributed by atoms with E-state index >= 15 is 0 Å². The lowest BCUT2D eigenvalue weighted by atomic mass is 10.0. The standard InChI is InChI=1S/C27H19Cl2N3OS/c28-19-6-7-20(22(29)16-19)26-21-3-1-2-4-24(21)34-25-8-5-18(15-23(25)32-26)27(33)31-14-11-17-9-12-30-13-10-17/h1-10,12-13,15-16H,11,14H2,(H,31,33). The third-order valence-corrected chi connectivity index (χ3v) is 7.14. The number of carbonyl (C=O) groups is 1. The Bertz CT molecular complexity index is 1410. The number of hydrogen-bond acceptors (Lipinski definition) is 4. The summed E-state index contributed by atoms with van der Waals surface area (Å²) in [6, 6.07) is 23.0. The molecule has 1 amide bonds. The summed E-state index contributed by atoms with van der Waals surface area (Å²) in [6.07, 6.45) is 4.24. The number of hydrogen-bond donors (Lipinski definition) is 1. The molecule has 168 valence electrons. The van der Waals surface area contributed by atoms with E-state index in [-0.39, 0.29) is 5.91 Å². The fourth-order valence-electron chi connectivity index (χ4n) is 3.74. The van der Waals surface area contributed by atoms with Crippen LogP contribution in [0.1, 0.15) is 27.0 Å². The van der Waals surface area contributed by atoms with Crippen molar-refractivity contribution in [2.75, 3.05) is 6.54 Å². The first-order valence-corrected chi connectivity index (χ1v) is 12.3. The Morgan fingerprint density at radius 1 is 0.882 bits per heavy atom. The Labute approximate surface area is 212 Å². The molecular weight excluding hydrogens is 485 g/mol. The molecule has 0 saturated heterocycles. The molecule has 3 aromatic carbocycles. The second kappa shape index (κ2) is 10.0. The first kappa shape index (κ1) is 22.7. The summed E-state index contributed by atoms with van der Waals surface area (Å²) in [5.74, 6) is -0.134. The molecule has 34 heavy (non-hydrogen) atoms. The van der Waals surface area contributed by atoms with E-state index in [9.17, 15) is 4.79 Å². The largest absolute Gasteiger partial charge is 0.352 e. The summed E-state index contributed by atoms with van der Waals surface area (Å²) in [5, 5.41) is 4.09. The van der Waals surface area contributed by atoms with Crippen LogP contribution in [0.2, 0.25) is 10.0 Å². The molecular formula is C27H19Cl2N3OS. The molecule has 2 heterocycles. The van der Waals surface area contributed by atoms with Crippen LogP contribution in [-0.4, -0.2) is 23.1 Å². The van der Waals surface area contributed by atoms with Crippen molar-refractivity contribution in [3.8, 4) is 0 Å². The summed E-state index contributed by atoms with van der Waals surface area (Å²) in [7, 11) is 0. The predicted octanol–water partition coefficient (Wildman–Crippen LogP) is 6.99. The van der Waals surface area contributed by atoms with Gasteiger partial charge >= 0.3 is 0 Å². The van der Waals surface area contributed by atoms with Gasteiger partial charge in [-0.1, -0.05) is 53.2 Å². The molecule has 4 nitrogen and oxygen atoms in total. The van der Waals surface area contributed by atoms with Crippen molar-refractivity contribution < 1.29 is 4.79 Å². The van der Waals surface area contributed by atoms with Crippen LogP contribution in [0.5, 0.6) is 0 Å². The SMILES string of the molecule is O=C(NCCc1ccncc1)c1ccc2c(c1)N=C(c1ccc(Cl)cc1Cl)c1ccccc1S2. The highest BCUT2D eigenvalue weighted by Crippen LogP contribution is 2.42. The topological polar surface area (TPSA) is 54.4 Å². The number of amides is 1. The third-order valence-electron chi connectivity index (χ3n) is 5.45. The number of aliphatic imine (C=N–C) groups is 1. The molecule has 1 aliphatic rings. The van der Waals surface area contributed by atoms with Gasteiger partial charge in [0.2, 0.25) is 0 Å². The fraction of sp³-hybridized carbons (Fsp3) is 0.0741. The summed E-state index contributed by atoms with van der Waals surface area (Å²) in [5.41, 5.74) is 4.93. The highest BCUT2D eigenvalue weighted by molar-refractivity contribution is 7.99. The molecule has 1 aliphatic heterocycles. The summed E-state index contributed by atoms with van der Waals surface area (Å²) in [4.78, 5) is 23.9. The monoisotopic (exact) mass is 503 g/mol. The van der Waals surface area contributed by atoms with Gasteiger partial charge in [-0.15, -0.1) is 0 Å². The molecule has 5 rings (SSSR count). The average Bonchev–Trinajstić information content (AvgIpc) is 3.01. The fourth-order valence-corrected chi connectivity index (χ4v) is 5.24. The van der Waals surface area contributed by atoms with Crippen LogP contribution < -0.4 is 5.32 Å². The highest BCUT2D eigenvalue weighted by atomic mass is 35.5. The minimum atomic E-state index is -0.134. The molecule has 0 spiro atoms. The third kappa shape index (κ3) is 4.87. The Kier molecular flexibility index (Phi) is 6.68. The van der Waals surface area contributed by atoms with E-state index in [2.05, 4.69) is 16.4 Å². The van der Waals surface area contributed by atoms with Crippen molar-refractivity contribution in [1.29, 1.82) is 0 Å². The van der Waals surface area contributed by atoms with Crippen LogP contribution in [0, 0.1) is 0 Å². The summed E-state index contributed by atoms with van der Waals surface area (Å²) in [6.45, 7) is 0.537. The van der Waals surface area contributed by atoms with Gasteiger partial charge in [0, 0.05) is 50.4 Å². The molecule has 0 radical (unpaired) electrons. The maximum Gasteiger partial charge on any atom is 0.251 e. The maximum atomic E-state index is 12.9. The van der Waals surface area contributed by atoms with Crippen LogP contribution in [0.3, 0.4) is 0 Å². The minimum Gasteiger partial charge on any atom is -0.352 e. The molecule has 0 unspecified atom stereocenters. The summed E-state index contributed by atoms with van der Waals surface area (Å²) < 4.78 is 0. The van der Waals surface area contributed by atoms with E-state index in [1.54, 1.807) is 36.3 Å². The van der Waals surface area contributed by atoms with Gasteiger partial charge in [0.25, 0.3) is 5.91 Å². The Balaban J connectivity index is 1.47. The van der Waals surface area contributed by atoms with Crippen molar-refractivity contribution >= 4 is 52.3 Å². The number of nitrogens with zero attached hydrogens (tertiary/aromatic N) is 2. The van der Waals surface area contributed by atoms with E-state index in [0.29, 0.717) is 22.2 Å². The van der Waals surface area contributed by atoms with Crippen LogP contribution in [0.4, 0.5) is 5.69 Å². The van der Waals surface area contributed by atoms with Crippen molar-refractivity contribution in [3.63, 3.8) is 0 Å². The Morgan fingerprint density at radius 3 is 2.53 bits per heavy atom. The molecule has 0 atom stereocenters. The molecule has 1 aromatic heterocycles. The molecule has 0 saturated carbocycles. The summed E-state index contributed by atoms with van der Waals surface area (Å²) >= 11 is 14.3. The van der Waals surface area contributed by atoms with E-state index in [1.165, 1.54) is 0 Å². The van der Waals surface area contributed by atoms with Gasteiger partial charge in [-0.2, -0.15) is 0 Å². The lowest BCUT2D eigenvalue weighted by Gasteiger charge is -2.11. The molecule has 0 aliphatic carbocycles. The van der Waals surface area contributed by atoms with E-state index in [4.69, 9.17) is 28.2 Å².